The van der Waals surface area contributed by atoms with Gasteiger partial charge in [-0.1, -0.05) is 23.7 Å². The van der Waals surface area contributed by atoms with Crippen molar-refractivity contribution in [3.63, 3.8) is 0 Å². The fraction of sp³-hybridized carbons (Fsp3) is 0.458. The first-order valence-corrected chi connectivity index (χ1v) is 13.2. The molecule has 0 radical (unpaired) electrons. The minimum atomic E-state index is -3.59. The summed E-state index contributed by atoms with van der Waals surface area (Å²) in [7, 11) is -3.59. The lowest BCUT2D eigenvalue weighted by Crippen LogP contribution is -2.34. The van der Waals surface area contributed by atoms with E-state index in [4.69, 9.17) is 11.6 Å². The Labute approximate surface area is 199 Å². The van der Waals surface area contributed by atoms with Crippen molar-refractivity contribution < 1.29 is 17.6 Å². The molecule has 0 aliphatic carbocycles. The number of anilines is 1. The molecule has 6 nitrogen and oxygen atoms in total. The number of likely N-dealkylation sites (tertiary alicyclic amines) is 1. The molecule has 2 saturated heterocycles. The van der Waals surface area contributed by atoms with Crippen molar-refractivity contribution >= 4 is 33.2 Å². The van der Waals surface area contributed by atoms with Gasteiger partial charge in [0.15, 0.2) is 0 Å². The number of amides is 1. The maximum absolute atomic E-state index is 13.5. The molecule has 2 aliphatic rings. The highest BCUT2D eigenvalue weighted by Crippen LogP contribution is 2.29. The number of hydrogen-bond donors (Lipinski definition) is 1. The number of rotatable bonds is 8. The van der Waals surface area contributed by atoms with Crippen LogP contribution in [0.1, 0.15) is 37.7 Å². The molecule has 4 rings (SSSR count). The number of halogens is 2. The molecule has 0 saturated carbocycles. The quantitative estimate of drug-likeness (QED) is 0.595. The van der Waals surface area contributed by atoms with Gasteiger partial charge in [0, 0.05) is 32.1 Å². The first-order chi connectivity index (χ1) is 15.8. The normalized spacial score (nSPS) is 19.8. The topological polar surface area (TPSA) is 69.7 Å². The molecule has 178 valence electrons. The van der Waals surface area contributed by atoms with E-state index >= 15 is 0 Å². The second-order valence-electron chi connectivity index (χ2n) is 8.72. The third-order valence-corrected chi connectivity index (χ3v) is 8.62. The maximum Gasteiger partial charge on any atom is 0.243 e. The summed E-state index contributed by atoms with van der Waals surface area (Å²) in [4.78, 5) is 15.0. The highest BCUT2D eigenvalue weighted by molar-refractivity contribution is 7.89. The Kier molecular flexibility index (Phi) is 7.69. The van der Waals surface area contributed by atoms with Crippen LogP contribution in [0.5, 0.6) is 0 Å². The smallest absolute Gasteiger partial charge is 0.243 e. The third-order valence-electron chi connectivity index (χ3n) is 6.40. The van der Waals surface area contributed by atoms with E-state index in [1.165, 1.54) is 28.6 Å². The second kappa shape index (κ2) is 10.5. The standard InChI is InChI=1S/C24H29ClFN3O3S/c25-22-9-8-21(33(31,32)29-12-1-2-13-29)17-23(22)27-24(30)10-14-28-11-4-7-20(28)16-18-5-3-6-19(26)15-18/h3,5-6,8-9,15,17,20H,1-2,4,7,10-14,16H2,(H,27,30). The van der Waals surface area contributed by atoms with Gasteiger partial charge in [0.05, 0.1) is 15.6 Å². The molecule has 0 aromatic heterocycles. The van der Waals surface area contributed by atoms with Crippen molar-refractivity contribution in [3.05, 3.63) is 58.9 Å². The van der Waals surface area contributed by atoms with Crippen LogP contribution >= 0.6 is 11.6 Å². The molecule has 1 atom stereocenters. The van der Waals surface area contributed by atoms with E-state index in [9.17, 15) is 17.6 Å². The van der Waals surface area contributed by atoms with E-state index in [0.29, 0.717) is 30.3 Å². The average molecular weight is 494 g/mol. The first-order valence-electron chi connectivity index (χ1n) is 11.4. The van der Waals surface area contributed by atoms with Gasteiger partial charge in [0.2, 0.25) is 15.9 Å². The van der Waals surface area contributed by atoms with Gasteiger partial charge < -0.3 is 5.32 Å². The van der Waals surface area contributed by atoms with Crippen molar-refractivity contribution in [2.45, 2.75) is 49.5 Å². The van der Waals surface area contributed by atoms with E-state index in [0.717, 1.165) is 44.2 Å². The molecule has 2 heterocycles. The van der Waals surface area contributed by atoms with Gasteiger partial charge in [0.1, 0.15) is 5.82 Å². The van der Waals surface area contributed by atoms with Crippen LogP contribution in [0.3, 0.4) is 0 Å². The Morgan fingerprint density at radius 3 is 2.64 bits per heavy atom. The molecular weight excluding hydrogens is 465 g/mol. The fourth-order valence-electron chi connectivity index (χ4n) is 4.65. The number of benzene rings is 2. The van der Waals surface area contributed by atoms with Gasteiger partial charge in [-0.2, -0.15) is 4.31 Å². The van der Waals surface area contributed by atoms with Crippen LogP contribution in [0.4, 0.5) is 10.1 Å². The monoisotopic (exact) mass is 493 g/mol. The Morgan fingerprint density at radius 2 is 1.88 bits per heavy atom. The zero-order valence-corrected chi connectivity index (χ0v) is 20.0. The highest BCUT2D eigenvalue weighted by Gasteiger charge is 2.28. The van der Waals surface area contributed by atoms with Crippen molar-refractivity contribution in [3.8, 4) is 0 Å². The fourth-order valence-corrected chi connectivity index (χ4v) is 6.36. The maximum atomic E-state index is 13.5. The van der Waals surface area contributed by atoms with Gasteiger partial charge in [0.25, 0.3) is 0 Å². The predicted molar refractivity (Wildman–Crippen MR) is 127 cm³/mol. The molecule has 2 aliphatic heterocycles. The first kappa shape index (κ1) is 24.1. The predicted octanol–water partition coefficient (Wildman–Crippen LogP) is 4.30. The van der Waals surface area contributed by atoms with Gasteiger partial charge in [-0.15, -0.1) is 0 Å². The van der Waals surface area contributed by atoms with Gasteiger partial charge in [-0.25, -0.2) is 12.8 Å². The number of nitrogens with one attached hydrogen (secondary N) is 1. The van der Waals surface area contributed by atoms with Crippen LogP contribution in [-0.4, -0.2) is 55.8 Å². The molecule has 1 N–H and O–H groups in total. The Morgan fingerprint density at radius 1 is 1.09 bits per heavy atom. The van der Waals surface area contributed by atoms with Crippen molar-refractivity contribution in [1.82, 2.24) is 9.21 Å². The number of hydrogen-bond acceptors (Lipinski definition) is 4. The van der Waals surface area contributed by atoms with Crippen molar-refractivity contribution in [2.24, 2.45) is 0 Å². The molecule has 0 bridgehead atoms. The van der Waals surface area contributed by atoms with Gasteiger partial charge in [-0.05, 0) is 74.5 Å². The summed E-state index contributed by atoms with van der Waals surface area (Å²) in [5.41, 5.74) is 1.26. The summed E-state index contributed by atoms with van der Waals surface area (Å²) in [6, 6.07) is 11.4. The number of nitrogens with zero attached hydrogens (tertiary/aromatic N) is 2. The van der Waals surface area contributed by atoms with E-state index in [-0.39, 0.29) is 29.1 Å². The SMILES string of the molecule is O=C(CCN1CCCC1Cc1cccc(F)c1)Nc1cc(S(=O)(=O)N2CCCC2)ccc1Cl. The van der Waals surface area contributed by atoms with E-state index < -0.39 is 10.0 Å². The van der Waals surface area contributed by atoms with Crippen molar-refractivity contribution in [2.75, 3.05) is 31.5 Å². The van der Waals surface area contributed by atoms with E-state index in [1.54, 1.807) is 12.1 Å². The van der Waals surface area contributed by atoms with Crippen LogP contribution in [0.2, 0.25) is 5.02 Å². The molecule has 33 heavy (non-hydrogen) atoms. The zero-order valence-electron chi connectivity index (χ0n) is 18.5. The lowest BCUT2D eigenvalue weighted by atomic mass is 10.0. The lowest BCUT2D eigenvalue weighted by molar-refractivity contribution is -0.116. The van der Waals surface area contributed by atoms with E-state index in [2.05, 4.69) is 10.2 Å². The minimum Gasteiger partial charge on any atom is -0.325 e. The average Bonchev–Trinajstić information content (AvgIpc) is 3.46. The van der Waals surface area contributed by atoms with E-state index in [1.807, 2.05) is 6.07 Å². The third kappa shape index (κ3) is 5.93. The summed E-state index contributed by atoms with van der Waals surface area (Å²) in [6.07, 6.45) is 4.78. The van der Waals surface area contributed by atoms with Crippen LogP contribution in [0.15, 0.2) is 47.4 Å². The van der Waals surface area contributed by atoms with Gasteiger partial charge in [-0.3, -0.25) is 9.69 Å². The molecule has 0 spiro atoms. The summed E-state index contributed by atoms with van der Waals surface area (Å²) >= 11 is 6.24. The van der Waals surface area contributed by atoms with Crippen LogP contribution in [0.25, 0.3) is 0 Å². The largest absolute Gasteiger partial charge is 0.325 e. The lowest BCUT2D eigenvalue weighted by Gasteiger charge is -2.24. The highest BCUT2D eigenvalue weighted by atomic mass is 35.5. The Balaban J connectivity index is 1.35. The van der Waals surface area contributed by atoms with Crippen LogP contribution in [-0.2, 0) is 21.2 Å². The molecule has 1 unspecified atom stereocenters. The summed E-state index contributed by atoms with van der Waals surface area (Å²) in [6.45, 7) is 2.51. The summed E-state index contributed by atoms with van der Waals surface area (Å²) in [5, 5.41) is 3.08. The zero-order chi connectivity index (χ0) is 23.4. The minimum absolute atomic E-state index is 0.138. The van der Waals surface area contributed by atoms with Crippen LogP contribution < -0.4 is 5.32 Å². The molecule has 2 fully saturated rings. The van der Waals surface area contributed by atoms with Crippen molar-refractivity contribution in [1.29, 1.82) is 0 Å². The summed E-state index contributed by atoms with van der Waals surface area (Å²) < 4.78 is 40.6. The molecule has 1 amide bonds. The molecule has 2 aromatic rings. The molecule has 9 heteroatoms. The summed E-state index contributed by atoms with van der Waals surface area (Å²) in [5.74, 6) is -0.452. The number of carbonyl (C=O) groups excluding carboxylic acids is 1. The van der Waals surface area contributed by atoms with Crippen LogP contribution in [0, 0.1) is 5.82 Å². The number of sulfonamides is 1. The second-order valence-corrected chi connectivity index (χ2v) is 11.1. The van der Waals surface area contributed by atoms with Gasteiger partial charge >= 0.3 is 0 Å². The molecular formula is C24H29ClFN3O3S. The Hall–Kier alpha value is -2.00. The molecule has 2 aromatic carbocycles. The number of carbonyl (C=O) groups is 1. The Bertz CT molecular complexity index is 1110.